The van der Waals surface area contributed by atoms with Gasteiger partial charge in [0.2, 0.25) is 0 Å². The Labute approximate surface area is 205 Å². The highest BCUT2D eigenvalue weighted by Gasteiger charge is 2.35. The largest absolute Gasteiger partial charge is 0.481 e. The first-order valence-corrected chi connectivity index (χ1v) is 14.4. The van der Waals surface area contributed by atoms with Gasteiger partial charge in [-0.25, -0.2) is 9.78 Å². The predicted molar refractivity (Wildman–Crippen MR) is 132 cm³/mol. The number of amides is 2. The molecule has 1 aromatic heterocycles. The van der Waals surface area contributed by atoms with Crippen LogP contribution in [-0.4, -0.2) is 58.0 Å². The number of carboxylic acid groups (broad SMARTS) is 1. The Hall–Kier alpha value is -1.32. The maximum absolute atomic E-state index is 13.4. The standard InChI is InChI=1S/C24H37N3O4S2/c28-21(29)12-13-32-22-14-25-23(33-22)26-24(30)27(19-4-2-1-3-5-19)20-10-8-18(9-11-20)16-31-15-17-6-7-17/h14,17-20H,1-13,15-16H2,(H,28,29)(H,25,26,30)/t18-,20-. The van der Waals surface area contributed by atoms with Gasteiger partial charge in [0.25, 0.3) is 0 Å². The van der Waals surface area contributed by atoms with Crippen molar-refractivity contribution in [3.63, 3.8) is 0 Å². The van der Waals surface area contributed by atoms with E-state index in [1.165, 1.54) is 55.2 Å². The Balaban J connectivity index is 1.31. The molecule has 184 valence electrons. The van der Waals surface area contributed by atoms with Gasteiger partial charge < -0.3 is 14.7 Å². The van der Waals surface area contributed by atoms with Crippen LogP contribution < -0.4 is 5.32 Å². The van der Waals surface area contributed by atoms with Gasteiger partial charge in [-0.2, -0.15) is 0 Å². The van der Waals surface area contributed by atoms with Crippen LogP contribution >= 0.6 is 23.1 Å². The number of aliphatic carboxylic acids is 1. The molecule has 0 aliphatic heterocycles. The van der Waals surface area contributed by atoms with E-state index < -0.39 is 5.97 Å². The maximum Gasteiger partial charge on any atom is 0.324 e. The smallest absolute Gasteiger partial charge is 0.324 e. The van der Waals surface area contributed by atoms with Gasteiger partial charge in [0.05, 0.1) is 16.8 Å². The molecule has 1 heterocycles. The second-order valence-electron chi connectivity index (χ2n) is 9.76. The highest BCUT2D eigenvalue weighted by Crippen LogP contribution is 2.35. The third kappa shape index (κ3) is 7.86. The van der Waals surface area contributed by atoms with Crippen LogP contribution in [0.25, 0.3) is 0 Å². The summed E-state index contributed by atoms with van der Waals surface area (Å²) in [5.41, 5.74) is 0. The van der Waals surface area contributed by atoms with E-state index >= 15 is 0 Å². The number of carboxylic acids is 1. The lowest BCUT2D eigenvalue weighted by molar-refractivity contribution is -0.136. The summed E-state index contributed by atoms with van der Waals surface area (Å²) in [6.45, 7) is 1.81. The molecule has 1 aromatic rings. The summed E-state index contributed by atoms with van der Waals surface area (Å²) in [4.78, 5) is 30.7. The van der Waals surface area contributed by atoms with E-state index in [0.29, 0.717) is 22.8 Å². The van der Waals surface area contributed by atoms with Crippen LogP contribution in [0.5, 0.6) is 0 Å². The minimum atomic E-state index is -0.798. The van der Waals surface area contributed by atoms with Crippen LogP contribution in [0.3, 0.4) is 0 Å². The van der Waals surface area contributed by atoms with Crippen LogP contribution in [0.15, 0.2) is 10.4 Å². The van der Waals surface area contributed by atoms with Crippen molar-refractivity contribution in [3.05, 3.63) is 6.20 Å². The van der Waals surface area contributed by atoms with Gasteiger partial charge >= 0.3 is 12.0 Å². The van der Waals surface area contributed by atoms with Crippen molar-refractivity contribution in [2.75, 3.05) is 24.3 Å². The van der Waals surface area contributed by atoms with Crippen LogP contribution in [0.1, 0.15) is 77.0 Å². The SMILES string of the molecule is O=C(O)CCSc1cnc(NC(=O)N(C2CCCCC2)[C@H]2CC[C@H](COCC3CC3)CC2)s1. The second-order valence-corrected chi connectivity index (χ2v) is 12.2. The number of ether oxygens (including phenoxy) is 1. The number of thiazole rings is 1. The molecule has 0 spiro atoms. The fraction of sp³-hybridized carbons (Fsp3) is 0.792. The van der Waals surface area contributed by atoms with Crippen LogP contribution in [0, 0.1) is 11.8 Å². The molecule has 2 N–H and O–H groups in total. The third-order valence-electron chi connectivity index (χ3n) is 7.07. The molecule has 3 saturated carbocycles. The zero-order valence-electron chi connectivity index (χ0n) is 19.4. The van der Waals surface area contributed by atoms with Crippen molar-refractivity contribution in [1.29, 1.82) is 0 Å². The number of rotatable bonds is 11. The van der Waals surface area contributed by atoms with Crippen LogP contribution in [0.4, 0.5) is 9.93 Å². The number of urea groups is 1. The highest BCUT2D eigenvalue weighted by molar-refractivity contribution is 8.01. The first kappa shape index (κ1) is 24.8. The van der Waals surface area contributed by atoms with E-state index in [4.69, 9.17) is 9.84 Å². The van der Waals surface area contributed by atoms with E-state index in [1.807, 2.05) is 0 Å². The average molecular weight is 496 g/mol. The Morgan fingerprint density at radius 2 is 1.67 bits per heavy atom. The van der Waals surface area contributed by atoms with E-state index in [2.05, 4.69) is 15.2 Å². The molecule has 0 unspecified atom stereocenters. The number of nitrogens with one attached hydrogen (secondary N) is 1. The average Bonchev–Trinajstić information content (AvgIpc) is 3.53. The zero-order valence-corrected chi connectivity index (χ0v) is 21.0. The van der Waals surface area contributed by atoms with E-state index in [0.717, 1.165) is 61.9 Å². The molecule has 9 heteroatoms. The van der Waals surface area contributed by atoms with Gasteiger partial charge in [-0.3, -0.25) is 10.1 Å². The normalized spacial score (nSPS) is 23.9. The zero-order chi connectivity index (χ0) is 23.0. The minimum Gasteiger partial charge on any atom is -0.481 e. The molecular weight excluding hydrogens is 458 g/mol. The molecule has 0 atom stereocenters. The minimum absolute atomic E-state index is 0.0215. The van der Waals surface area contributed by atoms with Crippen LogP contribution in [0.2, 0.25) is 0 Å². The number of hydrogen-bond acceptors (Lipinski definition) is 6. The molecule has 33 heavy (non-hydrogen) atoms. The lowest BCUT2D eigenvalue weighted by Crippen LogP contribution is -2.51. The van der Waals surface area contributed by atoms with Gasteiger partial charge in [-0.1, -0.05) is 30.6 Å². The number of hydrogen-bond donors (Lipinski definition) is 2. The van der Waals surface area contributed by atoms with Crippen molar-refractivity contribution in [3.8, 4) is 0 Å². The molecule has 3 aliphatic rings. The molecule has 3 fully saturated rings. The summed E-state index contributed by atoms with van der Waals surface area (Å²) in [6.07, 6.45) is 14.7. The van der Waals surface area contributed by atoms with E-state index in [1.54, 1.807) is 6.20 Å². The summed E-state index contributed by atoms with van der Waals surface area (Å²) in [7, 11) is 0. The van der Waals surface area contributed by atoms with Gasteiger partial charge in [0.1, 0.15) is 0 Å². The van der Waals surface area contributed by atoms with Gasteiger partial charge in [-0.15, -0.1) is 11.8 Å². The summed E-state index contributed by atoms with van der Waals surface area (Å²) >= 11 is 2.90. The van der Waals surface area contributed by atoms with Crippen molar-refractivity contribution < 1.29 is 19.4 Å². The molecule has 0 bridgehead atoms. The molecule has 2 amide bonds. The Bertz CT molecular complexity index is 772. The van der Waals surface area contributed by atoms with Gasteiger partial charge in [0.15, 0.2) is 5.13 Å². The highest BCUT2D eigenvalue weighted by atomic mass is 32.2. The van der Waals surface area contributed by atoms with Gasteiger partial charge in [-0.05, 0) is 63.2 Å². The summed E-state index contributed by atoms with van der Waals surface area (Å²) in [5, 5.41) is 12.5. The molecule has 0 saturated heterocycles. The van der Waals surface area contributed by atoms with E-state index in [9.17, 15) is 9.59 Å². The molecule has 3 aliphatic carbocycles. The van der Waals surface area contributed by atoms with Gasteiger partial charge in [0, 0.05) is 31.1 Å². The number of carbonyl (C=O) groups excluding carboxylic acids is 1. The number of anilines is 1. The Morgan fingerprint density at radius 1 is 1.03 bits per heavy atom. The fourth-order valence-electron chi connectivity index (χ4n) is 5.04. The fourth-order valence-corrected chi connectivity index (χ4v) is 6.91. The van der Waals surface area contributed by atoms with Crippen molar-refractivity contribution in [2.45, 2.75) is 93.3 Å². The van der Waals surface area contributed by atoms with E-state index in [-0.39, 0.29) is 18.5 Å². The molecule has 4 rings (SSSR count). The number of nitrogens with zero attached hydrogens (tertiary/aromatic N) is 2. The predicted octanol–water partition coefficient (Wildman–Crippen LogP) is 5.86. The molecular formula is C24H37N3O4S2. The first-order chi connectivity index (χ1) is 16.1. The Kier molecular flexibility index (Phi) is 9.32. The summed E-state index contributed by atoms with van der Waals surface area (Å²) < 4.78 is 6.88. The molecule has 0 aromatic carbocycles. The first-order valence-electron chi connectivity index (χ1n) is 12.6. The topological polar surface area (TPSA) is 91.8 Å². The second kappa shape index (κ2) is 12.4. The summed E-state index contributed by atoms with van der Waals surface area (Å²) in [6, 6.07) is 0.583. The number of aromatic nitrogens is 1. The Morgan fingerprint density at radius 3 is 2.30 bits per heavy atom. The van der Waals surface area contributed by atoms with Crippen LogP contribution in [-0.2, 0) is 9.53 Å². The maximum atomic E-state index is 13.4. The quantitative estimate of drug-likeness (QED) is 0.374. The molecule has 0 radical (unpaired) electrons. The third-order valence-corrected chi connectivity index (χ3v) is 9.18. The van der Waals surface area contributed by atoms with Crippen molar-refractivity contribution >= 4 is 40.2 Å². The lowest BCUT2D eigenvalue weighted by atomic mass is 9.84. The molecule has 7 nitrogen and oxygen atoms in total. The summed E-state index contributed by atoms with van der Waals surface area (Å²) in [5.74, 6) is 1.15. The monoisotopic (exact) mass is 495 g/mol. The number of carbonyl (C=O) groups is 2. The lowest BCUT2D eigenvalue weighted by Gasteiger charge is -2.42. The van der Waals surface area contributed by atoms with Crippen molar-refractivity contribution in [2.24, 2.45) is 11.8 Å². The van der Waals surface area contributed by atoms with Crippen molar-refractivity contribution in [1.82, 2.24) is 9.88 Å². The number of thioether (sulfide) groups is 1.